The molecule has 0 fully saturated rings. The highest BCUT2D eigenvalue weighted by Crippen LogP contribution is 2.33. The van der Waals surface area contributed by atoms with Crippen LogP contribution in [0, 0.1) is 5.92 Å². The maximum atomic E-state index is 12.7. The molecule has 3 nitrogen and oxygen atoms in total. The predicted molar refractivity (Wildman–Crippen MR) is 81.8 cm³/mol. The number of hydrogen-bond donors (Lipinski definition) is 1. The minimum absolute atomic E-state index is 0.139. The lowest BCUT2D eigenvalue weighted by atomic mass is 9.80. The fourth-order valence-electron chi connectivity index (χ4n) is 2.52. The summed E-state index contributed by atoms with van der Waals surface area (Å²) in [6.45, 7) is 3.62. The summed E-state index contributed by atoms with van der Waals surface area (Å²) in [7, 11) is 0. The van der Waals surface area contributed by atoms with Gasteiger partial charge in [0.05, 0.1) is 0 Å². The van der Waals surface area contributed by atoms with Gasteiger partial charge in [-0.1, -0.05) is 74.5 Å². The summed E-state index contributed by atoms with van der Waals surface area (Å²) in [5.41, 5.74) is 0.232. The third-order valence-electron chi connectivity index (χ3n) is 3.61. The van der Waals surface area contributed by atoms with Crippen molar-refractivity contribution in [1.29, 1.82) is 0 Å². The molecule has 0 spiro atoms. The van der Waals surface area contributed by atoms with Crippen molar-refractivity contribution >= 4 is 5.78 Å². The first kappa shape index (κ1) is 15.4. The van der Waals surface area contributed by atoms with Crippen molar-refractivity contribution in [2.24, 2.45) is 5.92 Å². The maximum Gasteiger partial charge on any atom is 0.190 e. The van der Waals surface area contributed by atoms with Gasteiger partial charge < -0.3 is 0 Å². The highest BCUT2D eigenvalue weighted by Gasteiger charge is 2.43. The zero-order chi connectivity index (χ0) is 15.3. The molecular weight excluding hydrogens is 264 g/mol. The molecule has 0 heterocycles. The normalized spacial score (nSPS) is 13.9. The van der Waals surface area contributed by atoms with E-state index in [1.54, 1.807) is 12.1 Å². The second-order valence-electron chi connectivity index (χ2n) is 5.47. The van der Waals surface area contributed by atoms with E-state index in [1.165, 1.54) is 0 Å². The van der Waals surface area contributed by atoms with E-state index in [0.29, 0.717) is 12.0 Å². The number of benzene rings is 2. The Morgan fingerprint density at radius 2 is 1.57 bits per heavy atom. The Morgan fingerprint density at radius 1 is 1.05 bits per heavy atom. The molecule has 1 unspecified atom stereocenters. The smallest absolute Gasteiger partial charge is 0.190 e. The molecule has 0 saturated heterocycles. The summed E-state index contributed by atoms with van der Waals surface area (Å²) in [5.74, 6) is -0.388. The monoisotopic (exact) mass is 284 g/mol. The Balaban J connectivity index is 2.50. The third-order valence-corrected chi connectivity index (χ3v) is 3.61. The van der Waals surface area contributed by atoms with Crippen molar-refractivity contribution in [2.75, 3.05) is 0 Å². The average molecular weight is 284 g/mol. The van der Waals surface area contributed by atoms with Gasteiger partial charge in [-0.15, -0.1) is 0 Å². The van der Waals surface area contributed by atoms with Crippen molar-refractivity contribution in [1.82, 2.24) is 0 Å². The van der Waals surface area contributed by atoms with E-state index in [-0.39, 0.29) is 11.7 Å². The van der Waals surface area contributed by atoms with Gasteiger partial charge in [0, 0.05) is 12.3 Å². The largest absolute Gasteiger partial charge is 0.296 e. The van der Waals surface area contributed by atoms with Crippen molar-refractivity contribution in [3.8, 4) is 0 Å². The molecule has 0 radical (unpaired) electrons. The van der Waals surface area contributed by atoms with E-state index in [9.17, 15) is 10.1 Å². The van der Waals surface area contributed by atoms with Crippen LogP contribution in [0.2, 0.25) is 0 Å². The molecule has 0 aliphatic heterocycles. The first-order valence-electron chi connectivity index (χ1n) is 7.06. The van der Waals surface area contributed by atoms with Crippen LogP contribution in [0.4, 0.5) is 0 Å². The van der Waals surface area contributed by atoms with Gasteiger partial charge >= 0.3 is 0 Å². The van der Waals surface area contributed by atoms with E-state index in [0.717, 1.165) is 5.56 Å². The zero-order valence-electron chi connectivity index (χ0n) is 12.3. The molecule has 2 aromatic carbocycles. The summed E-state index contributed by atoms with van der Waals surface area (Å²) < 4.78 is 0. The standard InChI is InChI=1S/C18H20O3/c1-14(2)17(19)18(21-20,16-11-7-4-8-12-16)13-15-9-5-3-6-10-15/h3-12,14,20H,13H2,1-2H3. The van der Waals surface area contributed by atoms with Crippen molar-refractivity contribution < 1.29 is 14.9 Å². The van der Waals surface area contributed by atoms with Gasteiger partial charge in [0.2, 0.25) is 0 Å². The van der Waals surface area contributed by atoms with E-state index in [4.69, 9.17) is 4.89 Å². The molecule has 21 heavy (non-hydrogen) atoms. The van der Waals surface area contributed by atoms with E-state index in [1.807, 2.05) is 62.4 Å². The highest BCUT2D eigenvalue weighted by atomic mass is 17.1. The van der Waals surface area contributed by atoms with Crippen LogP contribution in [-0.4, -0.2) is 11.0 Å². The minimum Gasteiger partial charge on any atom is -0.296 e. The number of Topliss-reactive ketones (excluding diaryl/α,β-unsaturated/α-hetero) is 1. The number of hydrogen-bond acceptors (Lipinski definition) is 3. The molecule has 0 aliphatic carbocycles. The lowest BCUT2D eigenvalue weighted by Crippen LogP contribution is -2.42. The molecule has 0 aromatic heterocycles. The molecule has 2 aromatic rings. The molecule has 1 atom stereocenters. The van der Waals surface area contributed by atoms with Crippen LogP contribution >= 0.6 is 0 Å². The second kappa shape index (κ2) is 6.66. The van der Waals surface area contributed by atoms with Crippen LogP contribution < -0.4 is 0 Å². The molecule has 0 bridgehead atoms. The van der Waals surface area contributed by atoms with Gasteiger partial charge in [-0.2, -0.15) is 0 Å². The molecule has 1 N–H and O–H groups in total. The molecule has 3 heteroatoms. The molecule has 0 amide bonds. The molecular formula is C18H20O3. The summed E-state index contributed by atoms with van der Waals surface area (Å²) in [4.78, 5) is 17.5. The van der Waals surface area contributed by atoms with Gasteiger partial charge in [-0.05, 0) is 11.1 Å². The van der Waals surface area contributed by atoms with Crippen molar-refractivity contribution in [3.63, 3.8) is 0 Å². The van der Waals surface area contributed by atoms with E-state index in [2.05, 4.69) is 0 Å². The minimum atomic E-state index is -1.36. The van der Waals surface area contributed by atoms with Crippen LogP contribution in [0.5, 0.6) is 0 Å². The highest BCUT2D eigenvalue weighted by molar-refractivity contribution is 5.90. The summed E-state index contributed by atoms with van der Waals surface area (Å²) in [5, 5.41) is 9.59. The van der Waals surface area contributed by atoms with Gasteiger partial charge in [-0.25, -0.2) is 4.89 Å². The zero-order valence-corrected chi connectivity index (χ0v) is 12.3. The number of carbonyl (C=O) groups is 1. The lowest BCUT2D eigenvalue weighted by Gasteiger charge is -2.31. The summed E-state index contributed by atoms with van der Waals surface area (Å²) in [6, 6.07) is 18.7. The topological polar surface area (TPSA) is 46.5 Å². The predicted octanol–water partition coefficient (Wildman–Crippen LogP) is 3.84. The van der Waals surface area contributed by atoms with E-state index >= 15 is 0 Å². The van der Waals surface area contributed by atoms with Crippen LogP contribution in [0.3, 0.4) is 0 Å². The van der Waals surface area contributed by atoms with Gasteiger partial charge in [0.1, 0.15) is 0 Å². The SMILES string of the molecule is CC(C)C(=O)C(Cc1ccccc1)(OO)c1ccccc1. The van der Waals surface area contributed by atoms with Gasteiger partial charge in [-0.3, -0.25) is 10.1 Å². The van der Waals surface area contributed by atoms with Gasteiger partial charge in [0.25, 0.3) is 0 Å². The Kier molecular flexibility index (Phi) is 4.89. The van der Waals surface area contributed by atoms with E-state index < -0.39 is 5.60 Å². The first-order valence-corrected chi connectivity index (χ1v) is 7.06. The van der Waals surface area contributed by atoms with Crippen molar-refractivity contribution in [2.45, 2.75) is 25.9 Å². The average Bonchev–Trinajstić information content (AvgIpc) is 2.53. The number of ketones is 1. The van der Waals surface area contributed by atoms with Crippen LogP contribution in [0.1, 0.15) is 25.0 Å². The fraction of sp³-hybridized carbons (Fsp3) is 0.278. The number of rotatable bonds is 6. The Morgan fingerprint density at radius 3 is 2.05 bits per heavy atom. The first-order chi connectivity index (χ1) is 10.1. The summed E-state index contributed by atoms with van der Waals surface area (Å²) >= 11 is 0. The molecule has 110 valence electrons. The van der Waals surface area contributed by atoms with Crippen LogP contribution in [-0.2, 0) is 21.7 Å². The quantitative estimate of drug-likeness (QED) is 0.647. The van der Waals surface area contributed by atoms with Crippen LogP contribution in [0.25, 0.3) is 0 Å². The number of carbonyl (C=O) groups excluding carboxylic acids is 1. The summed E-state index contributed by atoms with van der Waals surface area (Å²) in [6.07, 6.45) is 0.297. The Bertz CT molecular complexity index is 578. The Hall–Kier alpha value is -1.97. The third kappa shape index (κ3) is 3.20. The maximum absolute atomic E-state index is 12.7. The van der Waals surface area contributed by atoms with Crippen molar-refractivity contribution in [3.05, 3.63) is 71.8 Å². The Labute approximate surface area is 125 Å². The second-order valence-corrected chi connectivity index (χ2v) is 5.47. The fourth-order valence-corrected chi connectivity index (χ4v) is 2.52. The molecule has 0 aliphatic rings. The lowest BCUT2D eigenvalue weighted by molar-refractivity contribution is -0.317. The van der Waals surface area contributed by atoms with Crippen LogP contribution in [0.15, 0.2) is 60.7 Å². The van der Waals surface area contributed by atoms with Gasteiger partial charge in [0.15, 0.2) is 11.4 Å². The molecule has 2 rings (SSSR count). The molecule has 0 saturated carbocycles.